The largest absolute Gasteiger partial charge is 0.330 e. The second-order valence-electron chi connectivity index (χ2n) is 4.70. The first kappa shape index (κ1) is 11.2. The summed E-state index contributed by atoms with van der Waals surface area (Å²) >= 11 is 0. The highest BCUT2D eigenvalue weighted by Crippen LogP contribution is 2.39. The van der Waals surface area contributed by atoms with Crippen LogP contribution in [-0.2, 0) is 5.41 Å². The number of nitrogens with two attached hydrogens (primary N) is 1. The lowest BCUT2D eigenvalue weighted by atomic mass is 9.68. The summed E-state index contributed by atoms with van der Waals surface area (Å²) in [5.41, 5.74) is 8.01. The number of rotatable bonds is 2. The molecule has 2 rings (SSSR count). The fourth-order valence-corrected chi connectivity index (χ4v) is 2.86. The molecule has 0 radical (unpaired) electrons. The highest BCUT2D eigenvalue weighted by atomic mass is 14.6. The summed E-state index contributed by atoms with van der Waals surface area (Å²) in [6.07, 6.45) is 6.02. The van der Waals surface area contributed by atoms with E-state index in [4.69, 9.17) is 11.0 Å². The van der Waals surface area contributed by atoms with E-state index < -0.39 is 0 Å². The molecule has 84 valence electrons. The van der Waals surface area contributed by atoms with Gasteiger partial charge >= 0.3 is 0 Å². The molecule has 16 heavy (non-hydrogen) atoms. The Kier molecular flexibility index (Phi) is 3.26. The Morgan fingerprint density at radius 3 is 2.50 bits per heavy atom. The summed E-state index contributed by atoms with van der Waals surface area (Å²) in [6.45, 7) is 0.658. The van der Waals surface area contributed by atoms with Crippen molar-refractivity contribution in [1.82, 2.24) is 0 Å². The molecule has 2 N–H and O–H groups in total. The number of hydrogen-bond donors (Lipinski definition) is 1. The Morgan fingerprint density at radius 2 is 1.88 bits per heavy atom. The van der Waals surface area contributed by atoms with Gasteiger partial charge in [0.1, 0.15) is 0 Å². The summed E-state index contributed by atoms with van der Waals surface area (Å²) in [6, 6.07) is 10.2. The van der Waals surface area contributed by atoms with Crippen LogP contribution in [0.15, 0.2) is 24.3 Å². The van der Waals surface area contributed by atoms with Gasteiger partial charge in [-0.15, -0.1) is 0 Å². The molecular weight excluding hydrogens is 196 g/mol. The standard InChI is InChI=1S/C14H18N2/c15-10-12-6-2-3-7-13(12)14(11-16)8-4-1-5-9-14/h2-3,6-7H,1,4-5,8-9,11,16H2. The maximum Gasteiger partial charge on any atom is 0.0994 e. The van der Waals surface area contributed by atoms with Gasteiger partial charge in [0.2, 0.25) is 0 Å². The molecule has 1 saturated carbocycles. The second kappa shape index (κ2) is 4.67. The highest BCUT2D eigenvalue weighted by Gasteiger charge is 2.34. The van der Waals surface area contributed by atoms with Gasteiger partial charge in [-0.05, 0) is 24.5 Å². The van der Waals surface area contributed by atoms with Gasteiger partial charge in [0, 0.05) is 12.0 Å². The van der Waals surface area contributed by atoms with E-state index in [1.165, 1.54) is 24.8 Å². The molecule has 1 fully saturated rings. The lowest BCUT2D eigenvalue weighted by Crippen LogP contribution is -2.37. The summed E-state index contributed by atoms with van der Waals surface area (Å²) in [4.78, 5) is 0. The minimum atomic E-state index is 0.0601. The zero-order chi connectivity index (χ0) is 11.4. The van der Waals surface area contributed by atoms with Crippen molar-refractivity contribution in [1.29, 1.82) is 5.26 Å². The van der Waals surface area contributed by atoms with Gasteiger partial charge in [-0.3, -0.25) is 0 Å². The van der Waals surface area contributed by atoms with Gasteiger partial charge in [-0.1, -0.05) is 37.5 Å². The first-order chi connectivity index (χ1) is 7.82. The number of nitrogens with zero attached hydrogens (tertiary/aromatic N) is 1. The molecule has 2 heteroatoms. The van der Waals surface area contributed by atoms with Crippen LogP contribution < -0.4 is 5.73 Å². The summed E-state index contributed by atoms with van der Waals surface area (Å²) in [7, 11) is 0. The molecule has 1 aromatic carbocycles. The second-order valence-corrected chi connectivity index (χ2v) is 4.70. The molecule has 0 aliphatic heterocycles. The van der Waals surface area contributed by atoms with Crippen LogP contribution in [0, 0.1) is 11.3 Å². The van der Waals surface area contributed by atoms with E-state index in [2.05, 4.69) is 12.1 Å². The predicted molar refractivity (Wildman–Crippen MR) is 65.0 cm³/mol. The van der Waals surface area contributed by atoms with E-state index >= 15 is 0 Å². The van der Waals surface area contributed by atoms with E-state index in [1.807, 2.05) is 18.2 Å². The molecule has 0 bridgehead atoms. The van der Waals surface area contributed by atoms with E-state index in [0.29, 0.717) is 6.54 Å². The van der Waals surface area contributed by atoms with Crippen LogP contribution >= 0.6 is 0 Å². The van der Waals surface area contributed by atoms with Crippen molar-refractivity contribution in [3.63, 3.8) is 0 Å². The van der Waals surface area contributed by atoms with Crippen LogP contribution in [0.3, 0.4) is 0 Å². The average molecular weight is 214 g/mol. The van der Waals surface area contributed by atoms with Gasteiger partial charge in [-0.25, -0.2) is 0 Å². The van der Waals surface area contributed by atoms with Crippen LogP contribution in [0.2, 0.25) is 0 Å². The summed E-state index contributed by atoms with van der Waals surface area (Å²) in [5, 5.41) is 9.17. The number of nitriles is 1. The van der Waals surface area contributed by atoms with Crippen LogP contribution in [0.5, 0.6) is 0 Å². The Bertz CT molecular complexity index is 397. The SMILES string of the molecule is N#Cc1ccccc1C1(CN)CCCCC1. The quantitative estimate of drug-likeness (QED) is 0.823. The van der Waals surface area contributed by atoms with Crippen molar-refractivity contribution in [2.24, 2.45) is 5.73 Å². The molecule has 0 unspecified atom stereocenters. The first-order valence-electron chi connectivity index (χ1n) is 6.02. The molecule has 0 amide bonds. The zero-order valence-corrected chi connectivity index (χ0v) is 9.58. The number of hydrogen-bond acceptors (Lipinski definition) is 2. The summed E-state index contributed by atoms with van der Waals surface area (Å²) in [5.74, 6) is 0. The van der Waals surface area contributed by atoms with E-state index in [0.717, 1.165) is 18.4 Å². The van der Waals surface area contributed by atoms with Gasteiger partial charge in [0.15, 0.2) is 0 Å². The lowest BCUT2D eigenvalue weighted by Gasteiger charge is -2.37. The highest BCUT2D eigenvalue weighted by molar-refractivity contribution is 5.43. The van der Waals surface area contributed by atoms with Crippen molar-refractivity contribution in [2.75, 3.05) is 6.54 Å². The van der Waals surface area contributed by atoms with E-state index in [-0.39, 0.29) is 5.41 Å². The molecule has 0 aromatic heterocycles. The fourth-order valence-electron chi connectivity index (χ4n) is 2.86. The van der Waals surface area contributed by atoms with Crippen LogP contribution in [-0.4, -0.2) is 6.54 Å². The number of benzene rings is 1. The predicted octanol–water partition coefficient (Wildman–Crippen LogP) is 2.72. The molecule has 0 spiro atoms. The molecule has 2 nitrogen and oxygen atoms in total. The van der Waals surface area contributed by atoms with Crippen molar-refractivity contribution >= 4 is 0 Å². The Balaban J connectivity index is 2.43. The molecule has 1 aliphatic rings. The van der Waals surface area contributed by atoms with Gasteiger partial charge in [0.05, 0.1) is 11.6 Å². The van der Waals surface area contributed by atoms with Crippen molar-refractivity contribution in [2.45, 2.75) is 37.5 Å². The maximum absolute atomic E-state index is 9.17. The van der Waals surface area contributed by atoms with Gasteiger partial charge in [0.25, 0.3) is 0 Å². The maximum atomic E-state index is 9.17. The van der Waals surface area contributed by atoms with Crippen LogP contribution in [0.25, 0.3) is 0 Å². The Hall–Kier alpha value is -1.33. The minimum Gasteiger partial charge on any atom is -0.330 e. The first-order valence-corrected chi connectivity index (χ1v) is 6.02. The van der Waals surface area contributed by atoms with Crippen molar-refractivity contribution in [3.8, 4) is 6.07 Å². The van der Waals surface area contributed by atoms with Crippen LogP contribution in [0.1, 0.15) is 43.2 Å². The topological polar surface area (TPSA) is 49.8 Å². The third-order valence-corrected chi connectivity index (χ3v) is 3.82. The smallest absolute Gasteiger partial charge is 0.0994 e. The molecular formula is C14H18N2. The Morgan fingerprint density at radius 1 is 1.19 bits per heavy atom. The third-order valence-electron chi connectivity index (χ3n) is 3.82. The van der Waals surface area contributed by atoms with Gasteiger partial charge in [-0.2, -0.15) is 5.26 Å². The molecule has 1 aliphatic carbocycles. The van der Waals surface area contributed by atoms with E-state index in [9.17, 15) is 0 Å². The third kappa shape index (κ3) is 1.83. The molecule has 0 heterocycles. The van der Waals surface area contributed by atoms with Gasteiger partial charge < -0.3 is 5.73 Å². The zero-order valence-electron chi connectivity index (χ0n) is 9.58. The van der Waals surface area contributed by atoms with Crippen LogP contribution in [0.4, 0.5) is 0 Å². The fraction of sp³-hybridized carbons (Fsp3) is 0.500. The minimum absolute atomic E-state index is 0.0601. The van der Waals surface area contributed by atoms with E-state index in [1.54, 1.807) is 0 Å². The molecule has 0 atom stereocenters. The molecule has 1 aromatic rings. The summed E-state index contributed by atoms with van der Waals surface area (Å²) < 4.78 is 0. The molecule has 0 saturated heterocycles. The Labute approximate surface area is 97.1 Å². The normalized spacial score (nSPS) is 19.0. The monoisotopic (exact) mass is 214 g/mol. The van der Waals surface area contributed by atoms with Crippen molar-refractivity contribution < 1.29 is 0 Å². The lowest BCUT2D eigenvalue weighted by molar-refractivity contribution is 0.300. The average Bonchev–Trinajstić information content (AvgIpc) is 2.39. The van der Waals surface area contributed by atoms with Crippen molar-refractivity contribution in [3.05, 3.63) is 35.4 Å².